The van der Waals surface area contributed by atoms with Crippen molar-refractivity contribution in [2.45, 2.75) is 24.1 Å². The van der Waals surface area contributed by atoms with Crippen LogP contribution in [0.3, 0.4) is 0 Å². The number of nitrogens with zero attached hydrogens (tertiary/aromatic N) is 4. The molecule has 4 atom stereocenters. The Bertz CT molecular complexity index is 729. The molecule has 1 saturated heterocycles. The molecule has 3 rings (SSSR count). The third kappa shape index (κ3) is 1.77. The van der Waals surface area contributed by atoms with Crippen LogP contribution in [0.5, 0.6) is 0 Å². The molecule has 4 N–H and O–H groups in total. The van der Waals surface area contributed by atoms with E-state index in [0.717, 1.165) is 0 Å². The van der Waals surface area contributed by atoms with Crippen LogP contribution in [0.25, 0.3) is 11.2 Å². The molecule has 0 spiro atoms. The zero-order chi connectivity index (χ0) is 15.2. The van der Waals surface area contributed by atoms with E-state index >= 15 is 0 Å². The van der Waals surface area contributed by atoms with E-state index in [1.807, 2.05) is 5.92 Å². The molecule has 1 aliphatic rings. The number of nitrogen functional groups attached to an aromatic ring is 1. The summed E-state index contributed by atoms with van der Waals surface area (Å²) >= 11 is 0. The first-order valence-corrected chi connectivity index (χ1v) is 6.06. The Kier molecular flexibility index (Phi) is 3.02. The number of terminal acetylenes is 1. The SMILES string of the molecule is C#C[C@@]1(O)[C@H](F)[C@@H](CO)O[C@H]1n1cnc2c(N)ncnc21. The monoisotopic (exact) mass is 293 g/mol. The quantitative estimate of drug-likeness (QED) is 0.607. The van der Waals surface area contributed by atoms with Crippen LogP contribution in [0.4, 0.5) is 10.2 Å². The number of ether oxygens (including phenoxy) is 1. The predicted octanol–water partition coefficient (Wildman–Crippen LogP) is -0.999. The molecular weight excluding hydrogens is 281 g/mol. The van der Waals surface area contributed by atoms with Crippen LogP contribution in [0.1, 0.15) is 6.23 Å². The van der Waals surface area contributed by atoms with E-state index in [4.69, 9.17) is 22.0 Å². The predicted molar refractivity (Wildman–Crippen MR) is 69.4 cm³/mol. The number of hydrogen-bond acceptors (Lipinski definition) is 7. The van der Waals surface area contributed by atoms with E-state index in [1.165, 1.54) is 17.2 Å². The molecule has 21 heavy (non-hydrogen) atoms. The average Bonchev–Trinajstić information content (AvgIpc) is 3.01. The fourth-order valence-corrected chi connectivity index (χ4v) is 2.36. The van der Waals surface area contributed by atoms with Crippen LogP contribution in [-0.4, -0.2) is 54.2 Å². The minimum absolute atomic E-state index is 0.136. The van der Waals surface area contributed by atoms with Crippen LogP contribution in [0.15, 0.2) is 12.7 Å². The first-order chi connectivity index (χ1) is 10.0. The van der Waals surface area contributed by atoms with Crippen molar-refractivity contribution in [3.05, 3.63) is 12.7 Å². The van der Waals surface area contributed by atoms with Gasteiger partial charge in [0.15, 0.2) is 23.9 Å². The summed E-state index contributed by atoms with van der Waals surface area (Å²) in [5.74, 6) is 2.13. The van der Waals surface area contributed by atoms with Gasteiger partial charge in [-0.15, -0.1) is 6.42 Å². The summed E-state index contributed by atoms with van der Waals surface area (Å²) in [5, 5.41) is 19.5. The normalized spacial score (nSPS) is 32.4. The second kappa shape index (κ2) is 4.63. The van der Waals surface area contributed by atoms with E-state index < -0.39 is 30.7 Å². The number of nitrogens with two attached hydrogens (primary N) is 1. The minimum atomic E-state index is -2.25. The van der Waals surface area contributed by atoms with Crippen molar-refractivity contribution >= 4 is 17.0 Å². The smallest absolute Gasteiger partial charge is 0.204 e. The van der Waals surface area contributed by atoms with Gasteiger partial charge in [-0.2, -0.15) is 0 Å². The summed E-state index contributed by atoms with van der Waals surface area (Å²) in [6.07, 6.45) is 3.25. The number of alkyl halides is 1. The topological polar surface area (TPSA) is 119 Å². The zero-order valence-electron chi connectivity index (χ0n) is 10.7. The number of aliphatic hydroxyl groups is 2. The lowest BCUT2D eigenvalue weighted by Crippen LogP contribution is -2.43. The van der Waals surface area contributed by atoms with Gasteiger partial charge in [0.25, 0.3) is 0 Å². The Morgan fingerprint density at radius 1 is 1.52 bits per heavy atom. The maximum atomic E-state index is 14.2. The van der Waals surface area contributed by atoms with Gasteiger partial charge >= 0.3 is 0 Å². The van der Waals surface area contributed by atoms with Gasteiger partial charge < -0.3 is 20.7 Å². The summed E-state index contributed by atoms with van der Waals surface area (Å²) in [6.45, 7) is -0.620. The van der Waals surface area contributed by atoms with Crippen molar-refractivity contribution in [1.29, 1.82) is 0 Å². The molecule has 0 saturated carbocycles. The van der Waals surface area contributed by atoms with Crippen LogP contribution in [-0.2, 0) is 4.74 Å². The molecule has 0 amide bonds. The molecule has 3 heterocycles. The van der Waals surface area contributed by atoms with E-state index in [2.05, 4.69) is 15.0 Å². The number of hydrogen-bond donors (Lipinski definition) is 3. The number of anilines is 1. The molecule has 110 valence electrons. The molecule has 0 bridgehead atoms. The zero-order valence-corrected chi connectivity index (χ0v) is 10.7. The molecule has 1 fully saturated rings. The van der Waals surface area contributed by atoms with Crippen LogP contribution >= 0.6 is 0 Å². The van der Waals surface area contributed by atoms with Gasteiger partial charge in [-0.05, 0) is 0 Å². The molecule has 2 aromatic heterocycles. The summed E-state index contributed by atoms with van der Waals surface area (Å²) in [4.78, 5) is 11.8. The summed E-state index contributed by atoms with van der Waals surface area (Å²) in [7, 11) is 0. The van der Waals surface area contributed by atoms with Gasteiger partial charge in [-0.3, -0.25) is 4.57 Å². The van der Waals surface area contributed by atoms with Gasteiger partial charge in [0.1, 0.15) is 17.9 Å². The van der Waals surface area contributed by atoms with E-state index in [-0.39, 0.29) is 17.0 Å². The molecule has 2 aromatic rings. The number of rotatable bonds is 2. The van der Waals surface area contributed by atoms with Crippen molar-refractivity contribution in [3.8, 4) is 12.3 Å². The molecule has 8 nitrogen and oxygen atoms in total. The van der Waals surface area contributed by atoms with Gasteiger partial charge in [0.05, 0.1) is 12.9 Å². The molecule has 1 aliphatic heterocycles. The molecule has 9 heteroatoms. The standard InChI is InChI=1S/C12H12FN5O3/c1-2-12(20)8(13)6(3-19)21-11(12)18-5-17-7-9(14)15-4-16-10(7)18/h1,4-6,8,11,19-20H,3H2,(H2,14,15,16)/t6-,8-,11-,12-/m1/s1. The molecular formula is C12H12FN5O3. The third-order valence-electron chi connectivity index (χ3n) is 3.48. The van der Waals surface area contributed by atoms with Crippen LogP contribution < -0.4 is 5.73 Å². The Morgan fingerprint density at radius 2 is 2.29 bits per heavy atom. The highest BCUT2D eigenvalue weighted by Gasteiger charge is 2.57. The molecule has 0 aliphatic carbocycles. The fourth-order valence-electron chi connectivity index (χ4n) is 2.36. The number of aliphatic hydroxyl groups excluding tert-OH is 1. The minimum Gasteiger partial charge on any atom is -0.394 e. The van der Waals surface area contributed by atoms with Crippen molar-refractivity contribution in [2.24, 2.45) is 0 Å². The Labute approximate surface area is 118 Å². The average molecular weight is 293 g/mol. The summed E-state index contributed by atoms with van der Waals surface area (Å²) in [6, 6.07) is 0. The highest BCUT2D eigenvalue weighted by atomic mass is 19.1. The number of aromatic nitrogens is 4. The van der Waals surface area contributed by atoms with Gasteiger partial charge in [0.2, 0.25) is 5.60 Å². The van der Waals surface area contributed by atoms with Crippen molar-refractivity contribution in [3.63, 3.8) is 0 Å². The van der Waals surface area contributed by atoms with E-state index in [1.54, 1.807) is 0 Å². The molecule has 0 radical (unpaired) electrons. The number of fused-ring (bicyclic) bond motifs is 1. The Hall–Kier alpha value is -2.28. The number of imidazole rings is 1. The van der Waals surface area contributed by atoms with Crippen LogP contribution in [0.2, 0.25) is 0 Å². The van der Waals surface area contributed by atoms with Gasteiger partial charge in [-0.1, -0.05) is 5.92 Å². The molecule has 0 aromatic carbocycles. The van der Waals surface area contributed by atoms with E-state index in [0.29, 0.717) is 0 Å². The third-order valence-corrected chi connectivity index (χ3v) is 3.48. The lowest BCUT2D eigenvalue weighted by molar-refractivity contribution is -0.0705. The van der Waals surface area contributed by atoms with Crippen molar-refractivity contribution in [2.75, 3.05) is 12.3 Å². The van der Waals surface area contributed by atoms with Crippen LogP contribution in [0, 0.1) is 12.3 Å². The van der Waals surface area contributed by atoms with E-state index in [9.17, 15) is 9.50 Å². The van der Waals surface area contributed by atoms with Gasteiger partial charge in [-0.25, -0.2) is 19.3 Å². The lowest BCUT2D eigenvalue weighted by atomic mass is 9.96. The van der Waals surface area contributed by atoms with Crippen molar-refractivity contribution in [1.82, 2.24) is 19.5 Å². The first-order valence-electron chi connectivity index (χ1n) is 6.06. The highest BCUT2D eigenvalue weighted by Crippen LogP contribution is 2.41. The second-order valence-electron chi connectivity index (χ2n) is 4.66. The number of halogens is 1. The maximum Gasteiger partial charge on any atom is 0.204 e. The highest BCUT2D eigenvalue weighted by molar-refractivity contribution is 5.81. The first kappa shape index (κ1) is 13.7. The molecule has 0 unspecified atom stereocenters. The lowest BCUT2D eigenvalue weighted by Gasteiger charge is -2.25. The Morgan fingerprint density at radius 3 is 2.95 bits per heavy atom. The summed E-state index contributed by atoms with van der Waals surface area (Å²) in [5.41, 5.74) is 3.94. The Balaban J connectivity index is 2.14. The largest absolute Gasteiger partial charge is 0.394 e. The maximum absolute atomic E-state index is 14.2. The summed E-state index contributed by atoms with van der Waals surface area (Å²) < 4.78 is 20.8. The second-order valence-corrected chi connectivity index (χ2v) is 4.66. The van der Waals surface area contributed by atoms with Crippen molar-refractivity contribution < 1.29 is 19.3 Å². The van der Waals surface area contributed by atoms with Gasteiger partial charge in [0, 0.05) is 0 Å². The fraction of sp³-hybridized carbons (Fsp3) is 0.417.